The SMILES string of the molecule is CC(C)C1(C(=O)NC2CCCC2(C)C)CCNC1. The third kappa shape index (κ3) is 2.29. The predicted molar refractivity (Wildman–Crippen MR) is 74.3 cm³/mol. The third-order valence-electron chi connectivity index (χ3n) is 5.31. The van der Waals surface area contributed by atoms with Gasteiger partial charge in [-0.15, -0.1) is 0 Å². The fraction of sp³-hybridized carbons (Fsp3) is 0.933. The van der Waals surface area contributed by atoms with Gasteiger partial charge >= 0.3 is 0 Å². The van der Waals surface area contributed by atoms with Gasteiger partial charge in [-0.3, -0.25) is 4.79 Å². The second-order valence-electron chi connectivity index (χ2n) is 7.14. The molecular weight excluding hydrogens is 224 g/mol. The third-order valence-corrected chi connectivity index (χ3v) is 5.31. The monoisotopic (exact) mass is 252 g/mol. The zero-order valence-corrected chi connectivity index (χ0v) is 12.3. The van der Waals surface area contributed by atoms with Crippen LogP contribution in [0, 0.1) is 16.7 Å². The molecule has 2 N–H and O–H groups in total. The zero-order chi connectivity index (χ0) is 13.4. The molecule has 0 aromatic rings. The molecule has 3 heteroatoms. The predicted octanol–water partition coefficient (Wildman–Crippen LogP) is 2.32. The van der Waals surface area contributed by atoms with Crippen molar-refractivity contribution in [2.45, 2.75) is 59.4 Å². The standard InChI is InChI=1S/C15H28N2O/c1-11(2)15(8-9-16-10-15)13(18)17-12-6-5-7-14(12,3)4/h11-12,16H,5-10H2,1-4H3,(H,17,18). The number of hydrogen-bond acceptors (Lipinski definition) is 2. The van der Waals surface area contributed by atoms with E-state index in [4.69, 9.17) is 0 Å². The van der Waals surface area contributed by atoms with Gasteiger partial charge in [-0.1, -0.05) is 34.1 Å². The van der Waals surface area contributed by atoms with Crippen molar-refractivity contribution in [2.24, 2.45) is 16.7 Å². The first-order valence-electron chi connectivity index (χ1n) is 7.40. The van der Waals surface area contributed by atoms with E-state index in [1.54, 1.807) is 0 Å². The Morgan fingerprint density at radius 2 is 2.06 bits per heavy atom. The molecule has 104 valence electrons. The molecule has 1 heterocycles. The van der Waals surface area contributed by atoms with E-state index < -0.39 is 0 Å². The molecular formula is C15H28N2O. The molecule has 2 fully saturated rings. The summed E-state index contributed by atoms with van der Waals surface area (Å²) in [5.74, 6) is 0.680. The second kappa shape index (κ2) is 4.84. The van der Waals surface area contributed by atoms with Gasteiger partial charge in [0.2, 0.25) is 5.91 Å². The van der Waals surface area contributed by atoms with E-state index in [1.807, 2.05) is 0 Å². The number of nitrogens with one attached hydrogen (secondary N) is 2. The molecule has 0 aromatic carbocycles. The van der Waals surface area contributed by atoms with Gasteiger partial charge in [0.15, 0.2) is 0 Å². The molecule has 0 aromatic heterocycles. The number of carbonyl (C=O) groups is 1. The molecule has 3 nitrogen and oxygen atoms in total. The highest BCUT2D eigenvalue weighted by atomic mass is 16.2. The van der Waals surface area contributed by atoms with Gasteiger partial charge < -0.3 is 10.6 Å². The fourth-order valence-electron chi connectivity index (χ4n) is 3.56. The summed E-state index contributed by atoms with van der Waals surface area (Å²) < 4.78 is 0. The summed E-state index contributed by atoms with van der Waals surface area (Å²) in [6.45, 7) is 10.7. The highest BCUT2D eigenvalue weighted by Gasteiger charge is 2.46. The Labute approximate surface area is 111 Å². The molecule has 2 aliphatic rings. The van der Waals surface area contributed by atoms with Crippen LogP contribution in [0.1, 0.15) is 53.4 Å². The first-order chi connectivity index (χ1) is 8.38. The Bertz CT molecular complexity index is 316. The van der Waals surface area contributed by atoms with Crippen LogP contribution < -0.4 is 10.6 Å². The minimum Gasteiger partial charge on any atom is -0.352 e. The molecule has 0 radical (unpaired) electrons. The normalized spacial score (nSPS) is 35.1. The minimum atomic E-state index is -0.182. The van der Waals surface area contributed by atoms with Crippen LogP contribution in [0.15, 0.2) is 0 Å². The van der Waals surface area contributed by atoms with Gasteiger partial charge in [0.25, 0.3) is 0 Å². The van der Waals surface area contributed by atoms with Crippen molar-refractivity contribution in [1.29, 1.82) is 0 Å². The number of hydrogen-bond donors (Lipinski definition) is 2. The average molecular weight is 252 g/mol. The van der Waals surface area contributed by atoms with Gasteiger partial charge in [0.05, 0.1) is 5.41 Å². The van der Waals surface area contributed by atoms with Gasteiger partial charge in [-0.2, -0.15) is 0 Å². The van der Waals surface area contributed by atoms with Crippen molar-refractivity contribution < 1.29 is 4.79 Å². The maximum absolute atomic E-state index is 12.7. The summed E-state index contributed by atoms with van der Waals surface area (Å²) in [5.41, 5.74) is 0.0819. The van der Waals surface area contributed by atoms with Gasteiger partial charge in [-0.05, 0) is 37.1 Å². The van der Waals surface area contributed by atoms with Crippen molar-refractivity contribution in [3.8, 4) is 0 Å². The van der Waals surface area contributed by atoms with Gasteiger partial charge in [-0.25, -0.2) is 0 Å². The molecule has 0 bridgehead atoms. The lowest BCUT2D eigenvalue weighted by molar-refractivity contribution is -0.133. The van der Waals surface area contributed by atoms with E-state index in [0.29, 0.717) is 12.0 Å². The van der Waals surface area contributed by atoms with Crippen LogP contribution in [0.2, 0.25) is 0 Å². The molecule has 1 saturated carbocycles. The molecule has 18 heavy (non-hydrogen) atoms. The molecule has 1 aliphatic carbocycles. The van der Waals surface area contributed by atoms with Gasteiger partial charge in [0.1, 0.15) is 0 Å². The van der Waals surface area contributed by atoms with Crippen LogP contribution in [0.5, 0.6) is 0 Å². The topological polar surface area (TPSA) is 41.1 Å². The Kier molecular flexibility index (Phi) is 3.72. The summed E-state index contributed by atoms with van der Waals surface area (Å²) in [5, 5.41) is 6.71. The number of carbonyl (C=O) groups excluding carboxylic acids is 1. The van der Waals surface area contributed by atoms with Crippen molar-refractivity contribution in [1.82, 2.24) is 10.6 Å². The zero-order valence-electron chi connectivity index (χ0n) is 12.3. The summed E-state index contributed by atoms with van der Waals surface area (Å²) >= 11 is 0. The Hall–Kier alpha value is -0.570. The molecule has 1 saturated heterocycles. The molecule has 2 unspecified atom stereocenters. The lowest BCUT2D eigenvalue weighted by Crippen LogP contribution is -2.51. The van der Waals surface area contributed by atoms with E-state index in [1.165, 1.54) is 12.8 Å². The van der Waals surface area contributed by atoms with Crippen LogP contribution in [-0.2, 0) is 4.79 Å². The summed E-state index contributed by atoms with van der Waals surface area (Å²) in [6, 6.07) is 0.362. The largest absolute Gasteiger partial charge is 0.352 e. The van der Waals surface area contributed by atoms with E-state index in [-0.39, 0.29) is 16.7 Å². The smallest absolute Gasteiger partial charge is 0.228 e. The molecule has 1 aliphatic heterocycles. The van der Waals surface area contributed by atoms with Crippen LogP contribution in [0.3, 0.4) is 0 Å². The average Bonchev–Trinajstić information content (AvgIpc) is 2.87. The van der Waals surface area contributed by atoms with Crippen molar-refractivity contribution in [3.05, 3.63) is 0 Å². The molecule has 2 atom stereocenters. The van der Waals surface area contributed by atoms with Crippen LogP contribution in [-0.4, -0.2) is 25.0 Å². The van der Waals surface area contributed by atoms with Crippen LogP contribution in [0.4, 0.5) is 0 Å². The summed E-state index contributed by atoms with van der Waals surface area (Å²) in [7, 11) is 0. The van der Waals surface area contributed by atoms with Gasteiger partial charge in [0, 0.05) is 12.6 Å². The lowest BCUT2D eigenvalue weighted by atomic mass is 9.75. The quantitative estimate of drug-likeness (QED) is 0.809. The second-order valence-corrected chi connectivity index (χ2v) is 7.14. The maximum Gasteiger partial charge on any atom is 0.228 e. The highest BCUT2D eigenvalue weighted by Crippen LogP contribution is 2.39. The Morgan fingerprint density at radius 1 is 1.33 bits per heavy atom. The molecule has 2 rings (SSSR count). The number of amides is 1. The Balaban J connectivity index is 2.07. The summed E-state index contributed by atoms with van der Waals surface area (Å²) in [6.07, 6.45) is 4.58. The fourth-order valence-corrected chi connectivity index (χ4v) is 3.56. The molecule has 1 amide bonds. The van der Waals surface area contributed by atoms with E-state index in [2.05, 4.69) is 38.3 Å². The first kappa shape index (κ1) is 13.9. The van der Waals surface area contributed by atoms with Crippen LogP contribution in [0.25, 0.3) is 0 Å². The first-order valence-corrected chi connectivity index (χ1v) is 7.40. The molecule has 0 spiro atoms. The maximum atomic E-state index is 12.7. The number of rotatable bonds is 3. The van der Waals surface area contributed by atoms with E-state index in [9.17, 15) is 4.79 Å². The van der Waals surface area contributed by atoms with Crippen molar-refractivity contribution >= 4 is 5.91 Å². The van der Waals surface area contributed by atoms with Crippen molar-refractivity contribution in [3.63, 3.8) is 0 Å². The lowest BCUT2D eigenvalue weighted by Gasteiger charge is -2.35. The van der Waals surface area contributed by atoms with E-state index in [0.717, 1.165) is 25.9 Å². The van der Waals surface area contributed by atoms with E-state index >= 15 is 0 Å². The van der Waals surface area contributed by atoms with Crippen molar-refractivity contribution in [2.75, 3.05) is 13.1 Å². The Morgan fingerprint density at radius 3 is 2.50 bits per heavy atom. The minimum absolute atomic E-state index is 0.182. The highest BCUT2D eigenvalue weighted by molar-refractivity contribution is 5.84. The van der Waals surface area contributed by atoms with Crippen LogP contribution >= 0.6 is 0 Å². The summed E-state index contributed by atoms with van der Waals surface area (Å²) in [4.78, 5) is 12.7.